The highest BCUT2D eigenvalue weighted by Gasteiger charge is 2.26. The third-order valence-electron chi connectivity index (χ3n) is 2.28. The molecular formula is C8H10N4O3. The summed E-state index contributed by atoms with van der Waals surface area (Å²) in [5.41, 5.74) is 0.533. The van der Waals surface area contributed by atoms with Crippen LogP contribution in [0, 0.1) is 0 Å². The third-order valence-corrected chi connectivity index (χ3v) is 2.28. The Bertz CT molecular complexity index is 426. The zero-order valence-electron chi connectivity index (χ0n) is 8.10. The van der Waals surface area contributed by atoms with E-state index in [0.29, 0.717) is 18.8 Å². The molecule has 0 saturated carbocycles. The standard InChI is InChI=1S/C8H10N4O3/c1-11-2-3-12-6(7(11)13)5(4-9-12)10-8(14)15/h4,10H,2-3H2,1H3,(H,14,15). The summed E-state index contributed by atoms with van der Waals surface area (Å²) in [5, 5.41) is 14.7. The van der Waals surface area contributed by atoms with Crippen LogP contribution in [-0.4, -0.2) is 45.4 Å². The maximum Gasteiger partial charge on any atom is 0.409 e. The number of carbonyl (C=O) groups is 2. The lowest BCUT2D eigenvalue weighted by Crippen LogP contribution is -2.38. The lowest BCUT2D eigenvalue weighted by Gasteiger charge is -2.23. The highest BCUT2D eigenvalue weighted by molar-refractivity contribution is 6.01. The molecule has 0 radical (unpaired) electrons. The Morgan fingerprint density at radius 1 is 1.60 bits per heavy atom. The van der Waals surface area contributed by atoms with E-state index in [0.717, 1.165) is 0 Å². The quantitative estimate of drug-likeness (QED) is 0.686. The van der Waals surface area contributed by atoms with Gasteiger partial charge in [0.1, 0.15) is 5.69 Å². The summed E-state index contributed by atoms with van der Waals surface area (Å²) >= 11 is 0. The summed E-state index contributed by atoms with van der Waals surface area (Å²) in [6.07, 6.45) is 0.146. The smallest absolute Gasteiger partial charge is 0.409 e. The van der Waals surface area contributed by atoms with Crippen LogP contribution < -0.4 is 5.32 Å². The Labute approximate surface area is 85.3 Å². The molecule has 0 bridgehead atoms. The van der Waals surface area contributed by atoms with Gasteiger partial charge in [-0.15, -0.1) is 0 Å². The fraction of sp³-hybridized carbons (Fsp3) is 0.375. The molecule has 1 aliphatic rings. The average Bonchev–Trinajstić information content (AvgIpc) is 2.55. The molecule has 1 aromatic heterocycles. The first-order chi connectivity index (χ1) is 7.09. The van der Waals surface area contributed by atoms with Gasteiger partial charge in [-0.05, 0) is 0 Å². The molecule has 7 nitrogen and oxygen atoms in total. The minimum absolute atomic E-state index is 0.220. The van der Waals surface area contributed by atoms with E-state index in [4.69, 9.17) is 5.11 Å². The van der Waals surface area contributed by atoms with Gasteiger partial charge in [0.25, 0.3) is 5.91 Å². The molecule has 7 heteroatoms. The number of amides is 2. The largest absolute Gasteiger partial charge is 0.465 e. The Kier molecular flexibility index (Phi) is 2.07. The van der Waals surface area contributed by atoms with Crippen molar-refractivity contribution in [2.45, 2.75) is 6.54 Å². The molecule has 0 unspecified atom stereocenters. The van der Waals surface area contributed by atoms with Crippen molar-refractivity contribution in [2.75, 3.05) is 18.9 Å². The molecule has 0 spiro atoms. The number of anilines is 1. The molecule has 2 N–H and O–H groups in total. The zero-order valence-corrected chi connectivity index (χ0v) is 8.10. The third kappa shape index (κ3) is 1.51. The van der Waals surface area contributed by atoms with Crippen molar-refractivity contribution in [1.82, 2.24) is 14.7 Å². The fourth-order valence-corrected chi connectivity index (χ4v) is 1.51. The van der Waals surface area contributed by atoms with Gasteiger partial charge in [-0.25, -0.2) is 4.79 Å². The van der Waals surface area contributed by atoms with E-state index in [9.17, 15) is 9.59 Å². The molecule has 0 fully saturated rings. The maximum atomic E-state index is 11.7. The van der Waals surface area contributed by atoms with Crippen LogP contribution in [0.2, 0.25) is 0 Å². The Morgan fingerprint density at radius 3 is 3.00 bits per heavy atom. The van der Waals surface area contributed by atoms with E-state index >= 15 is 0 Å². The first-order valence-corrected chi connectivity index (χ1v) is 4.41. The SMILES string of the molecule is CN1CCn2ncc(NC(=O)O)c2C1=O. The summed E-state index contributed by atoms with van der Waals surface area (Å²) in [6, 6.07) is 0. The molecule has 1 aliphatic heterocycles. The van der Waals surface area contributed by atoms with Crippen molar-refractivity contribution >= 4 is 17.7 Å². The summed E-state index contributed by atoms with van der Waals surface area (Å²) in [7, 11) is 1.67. The lowest BCUT2D eigenvalue weighted by molar-refractivity contribution is 0.0744. The fourth-order valence-electron chi connectivity index (χ4n) is 1.51. The van der Waals surface area contributed by atoms with E-state index in [1.54, 1.807) is 7.05 Å². The highest BCUT2D eigenvalue weighted by atomic mass is 16.4. The second kappa shape index (κ2) is 3.26. The first kappa shape index (κ1) is 9.50. The molecule has 0 aliphatic carbocycles. The zero-order chi connectivity index (χ0) is 11.0. The minimum atomic E-state index is -1.20. The summed E-state index contributed by atoms with van der Waals surface area (Å²) < 4.78 is 1.51. The summed E-state index contributed by atoms with van der Waals surface area (Å²) in [5.74, 6) is -0.220. The Balaban J connectivity index is 2.40. The van der Waals surface area contributed by atoms with Crippen molar-refractivity contribution in [3.63, 3.8) is 0 Å². The summed E-state index contributed by atoms with van der Waals surface area (Å²) in [6.45, 7) is 1.17. The Morgan fingerprint density at radius 2 is 2.33 bits per heavy atom. The molecule has 2 heterocycles. The van der Waals surface area contributed by atoms with Crippen LogP contribution in [0.1, 0.15) is 10.5 Å². The van der Waals surface area contributed by atoms with Crippen LogP contribution in [-0.2, 0) is 6.54 Å². The van der Waals surface area contributed by atoms with Crippen LogP contribution in [0.25, 0.3) is 0 Å². The molecule has 0 saturated heterocycles. The second-order valence-electron chi connectivity index (χ2n) is 3.29. The topological polar surface area (TPSA) is 87.5 Å². The lowest BCUT2D eigenvalue weighted by atomic mass is 10.2. The number of fused-ring (bicyclic) bond motifs is 1. The molecule has 0 aromatic carbocycles. The predicted molar refractivity (Wildman–Crippen MR) is 50.8 cm³/mol. The maximum absolute atomic E-state index is 11.7. The number of likely N-dealkylation sites (N-methyl/N-ethyl adjacent to an activating group) is 1. The average molecular weight is 210 g/mol. The number of hydrogen-bond donors (Lipinski definition) is 2. The number of carbonyl (C=O) groups excluding carboxylic acids is 1. The van der Waals surface area contributed by atoms with Gasteiger partial charge in [-0.1, -0.05) is 0 Å². The monoisotopic (exact) mass is 210 g/mol. The van der Waals surface area contributed by atoms with E-state index < -0.39 is 6.09 Å². The molecule has 15 heavy (non-hydrogen) atoms. The van der Waals surface area contributed by atoms with Gasteiger partial charge in [-0.2, -0.15) is 5.10 Å². The number of rotatable bonds is 1. The second-order valence-corrected chi connectivity index (χ2v) is 3.29. The van der Waals surface area contributed by atoms with Crippen molar-refractivity contribution in [3.05, 3.63) is 11.9 Å². The van der Waals surface area contributed by atoms with Gasteiger partial charge in [0, 0.05) is 13.6 Å². The van der Waals surface area contributed by atoms with Gasteiger partial charge in [0.2, 0.25) is 0 Å². The molecule has 1 aromatic rings. The van der Waals surface area contributed by atoms with Gasteiger partial charge in [0.15, 0.2) is 0 Å². The highest BCUT2D eigenvalue weighted by Crippen LogP contribution is 2.19. The van der Waals surface area contributed by atoms with Crippen molar-refractivity contribution in [3.8, 4) is 0 Å². The molecule has 80 valence electrons. The van der Waals surface area contributed by atoms with E-state index in [1.165, 1.54) is 15.8 Å². The minimum Gasteiger partial charge on any atom is -0.465 e. The van der Waals surface area contributed by atoms with Gasteiger partial charge in [-0.3, -0.25) is 14.8 Å². The van der Waals surface area contributed by atoms with Crippen molar-refractivity contribution < 1.29 is 14.7 Å². The Hall–Kier alpha value is -2.05. The predicted octanol–water partition coefficient (Wildman–Crippen LogP) is 0.0586. The normalized spacial score (nSPS) is 15.0. The van der Waals surface area contributed by atoms with Gasteiger partial charge >= 0.3 is 6.09 Å². The van der Waals surface area contributed by atoms with Gasteiger partial charge in [0.05, 0.1) is 18.4 Å². The van der Waals surface area contributed by atoms with Crippen molar-refractivity contribution in [1.29, 1.82) is 0 Å². The molecular weight excluding hydrogens is 200 g/mol. The van der Waals surface area contributed by atoms with Crippen LogP contribution in [0.3, 0.4) is 0 Å². The number of nitrogens with one attached hydrogen (secondary N) is 1. The van der Waals surface area contributed by atoms with E-state index in [2.05, 4.69) is 10.4 Å². The van der Waals surface area contributed by atoms with Crippen LogP contribution >= 0.6 is 0 Å². The van der Waals surface area contributed by atoms with Crippen LogP contribution in [0.4, 0.5) is 10.5 Å². The van der Waals surface area contributed by atoms with E-state index in [1.807, 2.05) is 0 Å². The molecule has 2 rings (SSSR count). The first-order valence-electron chi connectivity index (χ1n) is 4.41. The van der Waals surface area contributed by atoms with E-state index in [-0.39, 0.29) is 11.6 Å². The van der Waals surface area contributed by atoms with Crippen molar-refractivity contribution in [2.24, 2.45) is 0 Å². The van der Waals surface area contributed by atoms with Crippen LogP contribution in [0.15, 0.2) is 6.20 Å². The number of carboxylic acid groups (broad SMARTS) is 1. The number of aromatic nitrogens is 2. The number of nitrogens with zero attached hydrogens (tertiary/aromatic N) is 3. The van der Waals surface area contributed by atoms with Gasteiger partial charge < -0.3 is 10.0 Å². The molecule has 2 amide bonds. The summed E-state index contributed by atoms with van der Waals surface area (Å²) in [4.78, 5) is 23.7. The number of hydrogen-bond acceptors (Lipinski definition) is 3. The molecule has 0 atom stereocenters. The van der Waals surface area contributed by atoms with Crippen LogP contribution in [0.5, 0.6) is 0 Å².